The van der Waals surface area contributed by atoms with Gasteiger partial charge < -0.3 is 10.0 Å². The Kier molecular flexibility index (Phi) is 4.15. The average Bonchev–Trinajstić information content (AvgIpc) is 2.39. The number of likely N-dealkylation sites (tertiary alicyclic amines) is 1. The monoisotopic (exact) mass is 245 g/mol. The summed E-state index contributed by atoms with van der Waals surface area (Å²) < 4.78 is 0. The maximum atomic E-state index is 12.1. The molecule has 1 aliphatic heterocycles. The smallest absolute Gasteiger partial charge is 0.246 e. The molecule has 1 fully saturated rings. The molecule has 3 nitrogen and oxygen atoms in total. The van der Waals surface area contributed by atoms with Gasteiger partial charge in [-0.25, -0.2) is 0 Å². The Bertz CT molecular complexity index is 439. The molecule has 0 bridgehead atoms. The van der Waals surface area contributed by atoms with Gasteiger partial charge in [-0.1, -0.05) is 30.3 Å². The molecular formula is C15H19NO2. The van der Waals surface area contributed by atoms with Crippen molar-refractivity contribution in [2.45, 2.75) is 25.9 Å². The molecule has 18 heavy (non-hydrogen) atoms. The Morgan fingerprint density at radius 3 is 2.78 bits per heavy atom. The fraction of sp³-hybridized carbons (Fsp3) is 0.400. The average molecular weight is 245 g/mol. The number of hydrogen-bond donors (Lipinski definition) is 1. The minimum Gasteiger partial charge on any atom is -0.391 e. The number of aliphatic hydroxyl groups is 1. The molecule has 1 aromatic carbocycles. The van der Waals surface area contributed by atoms with Crippen molar-refractivity contribution in [2.24, 2.45) is 0 Å². The number of nitrogens with zero attached hydrogens (tertiary/aromatic N) is 1. The van der Waals surface area contributed by atoms with Gasteiger partial charge in [0.25, 0.3) is 0 Å². The Morgan fingerprint density at radius 2 is 2.11 bits per heavy atom. The Balaban J connectivity index is 2.06. The first kappa shape index (κ1) is 12.8. The van der Waals surface area contributed by atoms with E-state index in [2.05, 4.69) is 0 Å². The van der Waals surface area contributed by atoms with Gasteiger partial charge in [0.2, 0.25) is 5.91 Å². The molecule has 0 aliphatic carbocycles. The molecule has 96 valence electrons. The van der Waals surface area contributed by atoms with Crippen LogP contribution in [0.2, 0.25) is 0 Å². The van der Waals surface area contributed by atoms with E-state index in [0.717, 1.165) is 30.5 Å². The molecule has 1 atom stereocenters. The Hall–Kier alpha value is -1.61. The van der Waals surface area contributed by atoms with Crippen LogP contribution in [0.1, 0.15) is 25.3 Å². The highest BCUT2D eigenvalue weighted by Gasteiger charge is 2.20. The molecule has 0 radical (unpaired) electrons. The summed E-state index contributed by atoms with van der Waals surface area (Å²) in [5, 5.41) is 9.57. The molecule has 1 N–H and O–H groups in total. The number of piperidine rings is 1. The summed E-state index contributed by atoms with van der Waals surface area (Å²) in [6.07, 6.45) is 2.97. The van der Waals surface area contributed by atoms with Crippen molar-refractivity contribution in [3.8, 4) is 0 Å². The van der Waals surface area contributed by atoms with Crippen molar-refractivity contribution in [2.75, 3.05) is 13.1 Å². The highest BCUT2D eigenvalue weighted by Crippen LogP contribution is 2.15. The van der Waals surface area contributed by atoms with Crippen LogP contribution in [-0.2, 0) is 4.79 Å². The number of carbonyl (C=O) groups excluding carboxylic acids is 1. The van der Waals surface area contributed by atoms with Gasteiger partial charge in [-0.2, -0.15) is 0 Å². The molecule has 0 aromatic heterocycles. The number of allylic oxidation sites excluding steroid dienone is 1. The molecule has 0 saturated carbocycles. The van der Waals surface area contributed by atoms with Crippen LogP contribution in [-0.4, -0.2) is 35.1 Å². The summed E-state index contributed by atoms with van der Waals surface area (Å²) in [5.74, 6) is -0.00453. The van der Waals surface area contributed by atoms with E-state index in [9.17, 15) is 9.90 Å². The number of rotatable bonds is 2. The van der Waals surface area contributed by atoms with E-state index in [1.165, 1.54) is 0 Å². The zero-order valence-corrected chi connectivity index (χ0v) is 10.7. The van der Waals surface area contributed by atoms with Gasteiger partial charge >= 0.3 is 0 Å². The largest absolute Gasteiger partial charge is 0.391 e. The van der Waals surface area contributed by atoms with Gasteiger partial charge in [-0.15, -0.1) is 0 Å². The first-order valence-corrected chi connectivity index (χ1v) is 6.37. The predicted octanol–water partition coefficient (Wildman–Crippen LogP) is 2.07. The second kappa shape index (κ2) is 5.83. The minimum absolute atomic E-state index is 0.00453. The van der Waals surface area contributed by atoms with E-state index in [4.69, 9.17) is 0 Å². The summed E-state index contributed by atoms with van der Waals surface area (Å²) in [4.78, 5) is 13.8. The molecule has 1 aliphatic rings. The normalized spacial score (nSPS) is 20.9. The maximum Gasteiger partial charge on any atom is 0.246 e. The number of aliphatic hydroxyl groups excluding tert-OH is 1. The predicted molar refractivity (Wildman–Crippen MR) is 71.9 cm³/mol. The van der Waals surface area contributed by atoms with Crippen LogP contribution in [0.15, 0.2) is 36.4 Å². The van der Waals surface area contributed by atoms with Crippen molar-refractivity contribution in [1.82, 2.24) is 4.90 Å². The van der Waals surface area contributed by atoms with Crippen LogP contribution in [0, 0.1) is 0 Å². The van der Waals surface area contributed by atoms with Crippen LogP contribution >= 0.6 is 0 Å². The Morgan fingerprint density at radius 1 is 1.39 bits per heavy atom. The number of carbonyl (C=O) groups is 1. The van der Waals surface area contributed by atoms with Crippen molar-refractivity contribution in [3.05, 3.63) is 42.0 Å². The van der Waals surface area contributed by atoms with E-state index in [1.54, 1.807) is 11.0 Å². The first-order chi connectivity index (χ1) is 8.66. The number of β-amino-alcohol motifs (C(OH)–C–C–N with tert-alkyl or cyclic N) is 1. The summed E-state index contributed by atoms with van der Waals surface area (Å²) >= 11 is 0. The fourth-order valence-electron chi connectivity index (χ4n) is 2.22. The topological polar surface area (TPSA) is 40.5 Å². The molecule has 1 amide bonds. The quantitative estimate of drug-likeness (QED) is 0.810. The number of benzene rings is 1. The zero-order valence-electron chi connectivity index (χ0n) is 10.7. The summed E-state index contributed by atoms with van der Waals surface area (Å²) in [7, 11) is 0. The standard InChI is InChI=1S/C15H19NO2/c1-12(13-6-3-2-4-7-13)10-15(18)16-9-5-8-14(17)11-16/h2-4,6-7,10,14,17H,5,8-9,11H2,1H3. The van der Waals surface area contributed by atoms with Gasteiger partial charge in [0.05, 0.1) is 6.10 Å². The lowest BCUT2D eigenvalue weighted by atomic mass is 10.1. The second-order valence-corrected chi connectivity index (χ2v) is 4.77. The highest BCUT2D eigenvalue weighted by molar-refractivity contribution is 5.94. The summed E-state index contributed by atoms with van der Waals surface area (Å²) in [5.41, 5.74) is 2.02. The summed E-state index contributed by atoms with van der Waals surface area (Å²) in [6.45, 7) is 3.14. The lowest BCUT2D eigenvalue weighted by Gasteiger charge is -2.29. The lowest BCUT2D eigenvalue weighted by Crippen LogP contribution is -2.41. The van der Waals surface area contributed by atoms with E-state index in [1.807, 2.05) is 37.3 Å². The molecule has 1 aromatic rings. The second-order valence-electron chi connectivity index (χ2n) is 4.77. The Labute approximate surface area is 108 Å². The van der Waals surface area contributed by atoms with Gasteiger partial charge in [0, 0.05) is 19.2 Å². The molecule has 3 heteroatoms. The third-order valence-electron chi connectivity index (χ3n) is 3.28. The van der Waals surface area contributed by atoms with Gasteiger partial charge in [-0.3, -0.25) is 4.79 Å². The number of hydrogen-bond acceptors (Lipinski definition) is 2. The third kappa shape index (κ3) is 3.20. The molecular weight excluding hydrogens is 226 g/mol. The van der Waals surface area contributed by atoms with Crippen molar-refractivity contribution < 1.29 is 9.90 Å². The van der Waals surface area contributed by atoms with E-state index in [-0.39, 0.29) is 12.0 Å². The van der Waals surface area contributed by atoms with Crippen molar-refractivity contribution in [3.63, 3.8) is 0 Å². The van der Waals surface area contributed by atoms with Gasteiger partial charge in [-0.05, 0) is 30.9 Å². The van der Waals surface area contributed by atoms with Crippen LogP contribution in [0.5, 0.6) is 0 Å². The SMILES string of the molecule is CC(=CC(=O)N1CCCC(O)C1)c1ccccc1. The zero-order chi connectivity index (χ0) is 13.0. The highest BCUT2D eigenvalue weighted by atomic mass is 16.3. The first-order valence-electron chi connectivity index (χ1n) is 6.37. The van der Waals surface area contributed by atoms with Crippen molar-refractivity contribution in [1.29, 1.82) is 0 Å². The van der Waals surface area contributed by atoms with Crippen molar-refractivity contribution >= 4 is 11.5 Å². The van der Waals surface area contributed by atoms with Crippen LogP contribution in [0.4, 0.5) is 0 Å². The molecule has 0 spiro atoms. The van der Waals surface area contributed by atoms with E-state index in [0.29, 0.717) is 6.54 Å². The molecule has 1 unspecified atom stereocenters. The molecule has 1 heterocycles. The van der Waals surface area contributed by atoms with Gasteiger partial charge in [0.1, 0.15) is 0 Å². The third-order valence-corrected chi connectivity index (χ3v) is 3.28. The van der Waals surface area contributed by atoms with Crippen LogP contribution < -0.4 is 0 Å². The summed E-state index contributed by atoms with van der Waals surface area (Å²) in [6, 6.07) is 9.86. The lowest BCUT2D eigenvalue weighted by molar-refractivity contribution is -0.128. The molecule has 1 saturated heterocycles. The van der Waals surface area contributed by atoms with E-state index < -0.39 is 0 Å². The maximum absolute atomic E-state index is 12.1. The van der Waals surface area contributed by atoms with Gasteiger partial charge in [0.15, 0.2) is 0 Å². The fourth-order valence-corrected chi connectivity index (χ4v) is 2.22. The number of amides is 1. The van der Waals surface area contributed by atoms with Crippen LogP contribution in [0.3, 0.4) is 0 Å². The molecule has 2 rings (SSSR count). The van der Waals surface area contributed by atoms with Crippen LogP contribution in [0.25, 0.3) is 5.57 Å². The minimum atomic E-state index is -0.367. The van der Waals surface area contributed by atoms with E-state index >= 15 is 0 Å².